The second-order valence-corrected chi connectivity index (χ2v) is 8.20. The number of aromatic nitrogens is 1. The molecule has 1 amide bonds. The van der Waals surface area contributed by atoms with E-state index in [1.165, 1.54) is 0 Å². The van der Waals surface area contributed by atoms with E-state index in [9.17, 15) is 9.59 Å². The van der Waals surface area contributed by atoms with Gasteiger partial charge in [-0.05, 0) is 53.0 Å². The predicted octanol–water partition coefficient (Wildman–Crippen LogP) is 3.41. The van der Waals surface area contributed by atoms with Crippen molar-refractivity contribution in [3.63, 3.8) is 0 Å². The first-order valence-corrected chi connectivity index (χ1v) is 8.27. The van der Waals surface area contributed by atoms with Gasteiger partial charge in [0.25, 0.3) is 0 Å². The van der Waals surface area contributed by atoms with Gasteiger partial charge in [0.05, 0.1) is 5.41 Å². The number of rotatable bonds is 2. The normalized spacial score (nSPS) is 33.2. The minimum atomic E-state index is -0.594. The van der Waals surface area contributed by atoms with Crippen LogP contribution in [-0.2, 0) is 9.59 Å². The fourth-order valence-corrected chi connectivity index (χ4v) is 4.37. The Balaban J connectivity index is 1.91. The first-order chi connectivity index (χ1) is 9.73. The Bertz CT molecular complexity index is 626. The number of amides is 1. The standard InChI is InChI=1S/C16H19IN2O2/c1-14(2)15(3)6-7-16(14,8-11(15)20)13(21)19-12-5-4-10(17)9-18-12/h4-5,9H,6-8H2,1-3H3,(H,18,19,21)/t15-,16+/m1/s1. The van der Waals surface area contributed by atoms with Crippen LogP contribution in [0.2, 0.25) is 0 Å². The number of fused-ring (bicyclic) bond motifs is 2. The van der Waals surface area contributed by atoms with Gasteiger partial charge in [-0.2, -0.15) is 0 Å². The van der Waals surface area contributed by atoms with Crippen LogP contribution in [0.3, 0.4) is 0 Å². The molecule has 2 saturated carbocycles. The predicted molar refractivity (Wildman–Crippen MR) is 88.8 cm³/mol. The number of pyridine rings is 1. The van der Waals surface area contributed by atoms with Crippen LogP contribution < -0.4 is 5.32 Å². The molecule has 2 aliphatic rings. The van der Waals surface area contributed by atoms with E-state index in [0.29, 0.717) is 12.2 Å². The van der Waals surface area contributed by atoms with Crippen LogP contribution in [0.15, 0.2) is 18.3 Å². The van der Waals surface area contributed by atoms with Crippen LogP contribution in [0.25, 0.3) is 0 Å². The minimum absolute atomic E-state index is 0.0595. The van der Waals surface area contributed by atoms with Gasteiger partial charge in [-0.15, -0.1) is 0 Å². The van der Waals surface area contributed by atoms with Crippen LogP contribution in [0.1, 0.15) is 40.0 Å². The summed E-state index contributed by atoms with van der Waals surface area (Å²) in [5, 5.41) is 2.92. The van der Waals surface area contributed by atoms with E-state index in [-0.39, 0.29) is 22.5 Å². The van der Waals surface area contributed by atoms with E-state index in [2.05, 4.69) is 46.7 Å². The lowest BCUT2D eigenvalue weighted by molar-refractivity contribution is -0.131. The molecule has 2 atom stereocenters. The number of nitrogens with one attached hydrogen (secondary N) is 1. The van der Waals surface area contributed by atoms with Gasteiger partial charge in [0.1, 0.15) is 11.6 Å². The molecule has 0 spiro atoms. The van der Waals surface area contributed by atoms with Crippen LogP contribution in [0.5, 0.6) is 0 Å². The second-order valence-electron chi connectivity index (χ2n) is 6.95. The van der Waals surface area contributed by atoms with Crippen molar-refractivity contribution in [1.29, 1.82) is 0 Å². The highest BCUT2D eigenvalue weighted by atomic mass is 127. The molecule has 0 aliphatic heterocycles. The quantitative estimate of drug-likeness (QED) is 0.777. The molecule has 4 nitrogen and oxygen atoms in total. The Labute approximate surface area is 138 Å². The van der Waals surface area contributed by atoms with E-state index in [1.807, 2.05) is 13.0 Å². The summed E-state index contributed by atoms with van der Waals surface area (Å²) < 4.78 is 1.02. The number of hydrogen-bond acceptors (Lipinski definition) is 3. The van der Waals surface area contributed by atoms with E-state index in [1.54, 1.807) is 12.3 Å². The number of halogens is 1. The van der Waals surface area contributed by atoms with Gasteiger partial charge in [-0.3, -0.25) is 9.59 Å². The zero-order valence-corrected chi connectivity index (χ0v) is 14.7. The molecule has 5 heteroatoms. The van der Waals surface area contributed by atoms with Crippen molar-refractivity contribution in [3.8, 4) is 0 Å². The highest BCUT2D eigenvalue weighted by Gasteiger charge is 2.72. The number of nitrogens with zero attached hydrogens (tertiary/aromatic N) is 1. The molecule has 0 radical (unpaired) electrons. The van der Waals surface area contributed by atoms with Crippen molar-refractivity contribution in [1.82, 2.24) is 4.98 Å². The summed E-state index contributed by atoms with van der Waals surface area (Å²) >= 11 is 2.18. The van der Waals surface area contributed by atoms with Crippen LogP contribution >= 0.6 is 22.6 Å². The SMILES string of the molecule is CC1(C)[C@@]2(C(=O)Nc3ccc(I)cn3)CC[C@]1(C)C(=O)C2. The Morgan fingerprint density at radius 1 is 1.29 bits per heavy atom. The van der Waals surface area contributed by atoms with E-state index >= 15 is 0 Å². The maximum atomic E-state index is 12.9. The lowest BCUT2D eigenvalue weighted by Crippen LogP contribution is -2.43. The van der Waals surface area contributed by atoms with E-state index in [0.717, 1.165) is 16.4 Å². The van der Waals surface area contributed by atoms with Gasteiger partial charge in [0, 0.05) is 21.6 Å². The molecule has 0 saturated heterocycles. The van der Waals surface area contributed by atoms with Crippen molar-refractivity contribution in [2.24, 2.45) is 16.2 Å². The fraction of sp³-hybridized carbons (Fsp3) is 0.562. The van der Waals surface area contributed by atoms with Gasteiger partial charge < -0.3 is 5.32 Å². The van der Waals surface area contributed by atoms with E-state index in [4.69, 9.17) is 0 Å². The lowest BCUT2D eigenvalue weighted by Gasteiger charge is -2.38. The molecule has 2 aliphatic carbocycles. The number of carbonyl (C=O) groups excluding carboxylic acids is 2. The molecular formula is C16H19IN2O2. The van der Waals surface area contributed by atoms with Crippen LogP contribution in [0.4, 0.5) is 5.82 Å². The third-order valence-corrected chi connectivity index (χ3v) is 6.75. The number of ketones is 1. The molecule has 2 fully saturated rings. The molecule has 1 aromatic heterocycles. The average molecular weight is 398 g/mol. The zero-order valence-electron chi connectivity index (χ0n) is 12.5. The van der Waals surface area contributed by atoms with Crippen molar-refractivity contribution in [3.05, 3.63) is 21.9 Å². The average Bonchev–Trinajstić information content (AvgIpc) is 2.72. The summed E-state index contributed by atoms with van der Waals surface area (Å²) in [7, 11) is 0. The third-order valence-electron chi connectivity index (χ3n) is 6.11. The van der Waals surface area contributed by atoms with E-state index < -0.39 is 5.41 Å². The lowest BCUT2D eigenvalue weighted by atomic mass is 9.64. The summed E-state index contributed by atoms with van der Waals surface area (Å²) in [5.41, 5.74) is -1.28. The topological polar surface area (TPSA) is 59.1 Å². The molecule has 3 rings (SSSR count). The fourth-order valence-electron chi connectivity index (χ4n) is 4.05. The maximum Gasteiger partial charge on any atom is 0.232 e. The Morgan fingerprint density at radius 3 is 2.48 bits per heavy atom. The summed E-state index contributed by atoms with van der Waals surface area (Å²) in [6.45, 7) is 6.14. The van der Waals surface area contributed by atoms with Crippen molar-refractivity contribution < 1.29 is 9.59 Å². The molecule has 1 N–H and O–H groups in total. The highest BCUT2D eigenvalue weighted by Crippen LogP contribution is 2.70. The first-order valence-electron chi connectivity index (χ1n) is 7.19. The Morgan fingerprint density at radius 2 is 2.00 bits per heavy atom. The Kier molecular flexibility index (Phi) is 3.21. The summed E-state index contributed by atoms with van der Waals surface area (Å²) in [6.07, 6.45) is 3.65. The number of carbonyl (C=O) groups is 2. The van der Waals surface area contributed by atoms with Gasteiger partial charge in [0.2, 0.25) is 5.91 Å². The van der Waals surface area contributed by atoms with Crippen molar-refractivity contribution in [2.75, 3.05) is 5.32 Å². The molecule has 1 aromatic rings. The molecular weight excluding hydrogens is 379 g/mol. The van der Waals surface area contributed by atoms with Gasteiger partial charge in [0.15, 0.2) is 0 Å². The first kappa shape index (κ1) is 14.9. The molecule has 112 valence electrons. The largest absolute Gasteiger partial charge is 0.310 e. The molecule has 0 unspecified atom stereocenters. The number of Topliss-reactive ketones (excluding diaryl/α,β-unsaturated/α-hetero) is 1. The third kappa shape index (κ3) is 1.82. The summed E-state index contributed by atoms with van der Waals surface area (Å²) in [6, 6.07) is 3.71. The molecule has 0 aromatic carbocycles. The van der Waals surface area contributed by atoms with Gasteiger partial charge >= 0.3 is 0 Å². The second kappa shape index (κ2) is 4.51. The number of hydrogen-bond donors (Lipinski definition) is 1. The smallest absolute Gasteiger partial charge is 0.232 e. The summed E-state index contributed by atoms with van der Waals surface area (Å²) in [4.78, 5) is 29.5. The molecule has 1 heterocycles. The maximum absolute atomic E-state index is 12.9. The van der Waals surface area contributed by atoms with Crippen LogP contribution in [-0.4, -0.2) is 16.7 Å². The Hall–Kier alpha value is -0.980. The van der Waals surface area contributed by atoms with Crippen molar-refractivity contribution >= 4 is 40.1 Å². The zero-order chi connectivity index (χ0) is 15.5. The molecule has 2 bridgehead atoms. The van der Waals surface area contributed by atoms with Crippen LogP contribution in [0, 0.1) is 19.8 Å². The monoisotopic (exact) mass is 398 g/mol. The minimum Gasteiger partial charge on any atom is -0.310 e. The summed E-state index contributed by atoms with van der Waals surface area (Å²) in [5.74, 6) is 0.721. The molecule has 21 heavy (non-hydrogen) atoms. The van der Waals surface area contributed by atoms with Crippen molar-refractivity contribution in [2.45, 2.75) is 40.0 Å². The number of anilines is 1. The van der Waals surface area contributed by atoms with Gasteiger partial charge in [-0.1, -0.05) is 20.8 Å². The highest BCUT2D eigenvalue weighted by molar-refractivity contribution is 14.1. The van der Waals surface area contributed by atoms with Gasteiger partial charge in [-0.25, -0.2) is 4.98 Å².